The minimum atomic E-state index is 0. The Kier molecular flexibility index (Phi) is 93.5. The molecule has 3 aromatic carbocycles. The van der Waals surface area contributed by atoms with Gasteiger partial charge in [-0.3, -0.25) is 0 Å². The van der Waals surface area contributed by atoms with E-state index in [9.17, 15) is 0 Å². The maximum absolute atomic E-state index is 5.39. The van der Waals surface area contributed by atoms with Crippen LogP contribution in [-0.2, 0) is 56.4 Å². The molecule has 863 valence electrons. The Morgan fingerprint density at radius 1 is 0.150 bits per heavy atom. The zero-order valence-corrected chi connectivity index (χ0v) is 107. The number of hydrogen-bond acceptors (Lipinski definition) is 5. The predicted octanol–water partition coefficient (Wildman–Crippen LogP) is 46.0. The second kappa shape index (κ2) is 92.5. The number of benzene rings is 3. The normalized spacial score (nSPS) is 31.8. The van der Waals surface area contributed by atoms with Crippen LogP contribution in [0.1, 0.15) is 556 Å². The fourth-order valence-electron chi connectivity index (χ4n) is 19.9. The Morgan fingerprint density at radius 2 is 0.252 bits per heavy atom. The van der Waals surface area contributed by atoms with Crippen molar-refractivity contribution < 1.29 is 60.7 Å². The fraction of sp³-hybridized carbons (Fsp3) is 0.816. The smallest absolute Gasteiger partial charge is 0.0547 e. The number of allylic oxidation sites excluding steroid dienone is 8. The average Bonchev–Trinajstić information content (AvgIpc) is 1.11. The molecule has 5 aliphatic heterocycles. The number of rotatable bonds is 0. The van der Waals surface area contributed by atoms with Gasteiger partial charge in [0.15, 0.2) is 0 Å². The molecule has 15 aliphatic rings. The van der Waals surface area contributed by atoms with E-state index in [4.69, 9.17) is 23.7 Å². The van der Waals surface area contributed by atoms with Crippen molar-refractivity contribution >= 4 is 0 Å². The van der Waals surface area contributed by atoms with Crippen LogP contribution in [0.3, 0.4) is 0 Å². The van der Waals surface area contributed by atoms with Crippen molar-refractivity contribution in [1.29, 1.82) is 0 Å². The first-order valence-corrected chi connectivity index (χ1v) is 62.0. The molecule has 18 rings (SSSR count). The van der Waals surface area contributed by atoms with E-state index in [1.807, 2.05) is 0 Å². The van der Waals surface area contributed by atoms with Crippen LogP contribution in [0.25, 0.3) is 0 Å². The molecule has 5 saturated heterocycles. The number of ether oxygens (including phenoxy) is 5. The van der Waals surface area contributed by atoms with Crippen LogP contribution >= 0.6 is 0 Å². The Balaban J connectivity index is -0.000000365. The second-order valence-corrected chi connectivity index (χ2v) is 52.5. The molecular formula is C141H266O5Y. The molecule has 5 nitrogen and oxygen atoms in total. The van der Waals surface area contributed by atoms with Crippen LogP contribution in [0.4, 0.5) is 0 Å². The van der Waals surface area contributed by atoms with Crippen LogP contribution < -0.4 is 0 Å². The predicted molar refractivity (Wildman–Crippen MR) is 664 cm³/mol. The van der Waals surface area contributed by atoms with Gasteiger partial charge in [-0.1, -0.05) is 467 Å². The van der Waals surface area contributed by atoms with Gasteiger partial charge in [-0.05, 0) is 369 Å². The average molecular weight is 2130 g/mol. The molecule has 6 saturated carbocycles. The fourth-order valence-corrected chi connectivity index (χ4v) is 19.9. The molecule has 0 bridgehead atoms. The van der Waals surface area contributed by atoms with E-state index >= 15 is 0 Å². The summed E-state index contributed by atoms with van der Waals surface area (Å²) in [4.78, 5) is 0. The zero-order chi connectivity index (χ0) is 108. The van der Waals surface area contributed by atoms with Crippen molar-refractivity contribution in [2.24, 2.45) is 124 Å². The van der Waals surface area contributed by atoms with Gasteiger partial charge in [-0.15, -0.1) is 0 Å². The van der Waals surface area contributed by atoms with Gasteiger partial charge in [0.2, 0.25) is 0 Å². The van der Waals surface area contributed by atoms with Crippen molar-refractivity contribution in [3.05, 3.63) is 153 Å². The second-order valence-electron chi connectivity index (χ2n) is 52.5. The quantitative estimate of drug-likeness (QED) is 0.210. The standard InChI is InChI=1S/6C8H16.4C8H14.3C8H10.5C7H14O.2CH4.Y.3H2/c13*1-7-3-5-8(2)6-4-7;5*1-6-3-4-7(2)8-5-6;;;;;;/h6*7-8H,3-6H2,1-2H3;4*3,8H,4-6H2,1-2H3;3*3-6H,1-2H3;5*6-7H,3-5H2,1-2H3;2*1H4;;3*1H. The molecule has 147 heavy (non-hydrogen) atoms. The summed E-state index contributed by atoms with van der Waals surface area (Å²) in [6.07, 6.45) is 76.6. The first kappa shape index (κ1) is 149. The summed E-state index contributed by atoms with van der Waals surface area (Å²) >= 11 is 0. The van der Waals surface area contributed by atoms with Gasteiger partial charge in [0.25, 0.3) is 0 Å². The third-order valence-corrected chi connectivity index (χ3v) is 33.7. The van der Waals surface area contributed by atoms with Crippen molar-refractivity contribution in [1.82, 2.24) is 0 Å². The molecule has 14 unspecified atom stereocenters. The zero-order valence-electron chi connectivity index (χ0n) is 104. The summed E-state index contributed by atoms with van der Waals surface area (Å²) in [5, 5.41) is 0. The largest absolute Gasteiger partial charge is 0.378 e. The molecule has 1 radical (unpaired) electrons. The summed E-state index contributed by atoms with van der Waals surface area (Å²) in [5.74, 6) is 20.0. The van der Waals surface area contributed by atoms with E-state index in [1.165, 1.54) is 329 Å². The van der Waals surface area contributed by atoms with Gasteiger partial charge >= 0.3 is 0 Å². The molecule has 6 heteroatoms. The Labute approximate surface area is 953 Å². The van der Waals surface area contributed by atoms with Crippen LogP contribution in [0.2, 0.25) is 0 Å². The summed E-state index contributed by atoms with van der Waals surface area (Å²) in [6, 6.07) is 25.4. The molecule has 11 fully saturated rings. The molecule has 0 amide bonds. The molecule has 0 spiro atoms. The van der Waals surface area contributed by atoms with Crippen LogP contribution in [0.15, 0.2) is 119 Å². The maximum Gasteiger partial charge on any atom is 0.0547 e. The van der Waals surface area contributed by atoms with Crippen molar-refractivity contribution in [2.45, 2.75) is 590 Å². The van der Waals surface area contributed by atoms with Gasteiger partial charge in [-0.25, -0.2) is 0 Å². The van der Waals surface area contributed by atoms with Gasteiger partial charge in [-0.2, -0.15) is 0 Å². The topological polar surface area (TPSA) is 46.2 Å². The van der Waals surface area contributed by atoms with E-state index in [0.717, 1.165) is 157 Å². The van der Waals surface area contributed by atoms with Crippen molar-refractivity contribution in [3.63, 3.8) is 0 Å². The van der Waals surface area contributed by atoms with Gasteiger partial charge < -0.3 is 23.7 Å². The summed E-state index contributed by atoms with van der Waals surface area (Å²) in [5.41, 5.74) is 14.3. The molecule has 0 aromatic heterocycles. The summed E-state index contributed by atoms with van der Waals surface area (Å²) < 4.78 is 27.0. The summed E-state index contributed by atoms with van der Waals surface area (Å²) in [7, 11) is 0. The Hall–Kier alpha value is -2.48. The van der Waals surface area contributed by atoms with E-state index in [2.05, 4.69) is 346 Å². The van der Waals surface area contributed by atoms with Crippen LogP contribution in [0.5, 0.6) is 0 Å². The van der Waals surface area contributed by atoms with E-state index in [-0.39, 0.29) is 51.8 Å². The Morgan fingerprint density at radius 3 is 0.320 bits per heavy atom. The molecule has 14 atom stereocenters. The van der Waals surface area contributed by atoms with Crippen LogP contribution in [0, 0.1) is 166 Å². The third-order valence-electron chi connectivity index (χ3n) is 33.7. The van der Waals surface area contributed by atoms with E-state index in [1.54, 1.807) is 22.3 Å². The molecule has 3 aromatic rings. The number of aryl methyl sites for hydroxylation is 6. The van der Waals surface area contributed by atoms with Gasteiger partial charge in [0.1, 0.15) is 0 Å². The molecule has 10 aliphatic carbocycles. The van der Waals surface area contributed by atoms with Gasteiger partial charge in [0.05, 0.1) is 30.5 Å². The van der Waals surface area contributed by atoms with Crippen molar-refractivity contribution in [2.75, 3.05) is 33.0 Å². The SMILES string of the molecule is C.C.CC1=CCC(C)CC1.CC1=CCC(C)CC1.CC1=CCC(C)CC1.CC1=CCC(C)CC1.CC1CCC(C)CC1.CC1CCC(C)CC1.CC1CCC(C)CC1.CC1CCC(C)CC1.CC1CCC(C)CC1.CC1CCC(C)CC1.CC1CCC(C)OC1.CC1CCC(C)OC1.CC1CCC(C)OC1.CC1CCC(C)OC1.CC1CCC(C)OC1.Cc1ccc(C)cc1.Cc1ccc(C)cc1.Cc1ccc(C)cc1.[HH].[HH].[HH].[Y]. The minimum absolute atomic E-state index is 0. The monoisotopic (exact) mass is 2130 g/mol. The molecule has 0 N–H and O–H groups in total. The van der Waals surface area contributed by atoms with Crippen LogP contribution in [-0.4, -0.2) is 63.6 Å². The van der Waals surface area contributed by atoms with E-state index in [0.29, 0.717) is 30.5 Å². The van der Waals surface area contributed by atoms with Crippen molar-refractivity contribution in [3.8, 4) is 0 Å². The number of hydrogen-bond donors (Lipinski definition) is 0. The maximum atomic E-state index is 5.39. The molecule has 5 heterocycles. The third kappa shape index (κ3) is 91.2. The first-order valence-electron chi connectivity index (χ1n) is 62.0. The minimum Gasteiger partial charge on any atom is -0.378 e. The van der Waals surface area contributed by atoms with E-state index < -0.39 is 0 Å². The Bertz CT molecular complexity index is 2710. The summed E-state index contributed by atoms with van der Waals surface area (Å²) in [6.45, 7) is 86.0. The molecular weight excluding hydrogens is 1860 g/mol. The van der Waals surface area contributed by atoms with Gasteiger partial charge in [0, 0.05) is 70.0 Å². The first-order chi connectivity index (χ1) is 68.2.